The van der Waals surface area contributed by atoms with Gasteiger partial charge in [-0.2, -0.15) is 0 Å². The number of benzene rings is 3. The molecule has 0 spiro atoms. The number of amides is 1. The maximum Gasteiger partial charge on any atom is 0.295 e. The van der Waals surface area contributed by atoms with Crippen LogP contribution in [0.25, 0.3) is 5.76 Å². The van der Waals surface area contributed by atoms with Gasteiger partial charge in [-0.15, -0.1) is 0 Å². The summed E-state index contributed by atoms with van der Waals surface area (Å²) in [5, 5.41) is 22.8. The van der Waals surface area contributed by atoms with Crippen LogP contribution in [0.15, 0.2) is 78.4 Å². The summed E-state index contributed by atoms with van der Waals surface area (Å²) >= 11 is 0. The SMILES string of the molecule is Cc1cc(/C(O)=C2\C(=O)C(=O)N(CCN(C)C)[C@H]2c2cccc([N+](=O)[O-])c2)ccc1OCc1ccccc1. The normalized spacial score (nSPS) is 16.7. The quantitative estimate of drug-likeness (QED) is 0.147. The van der Waals surface area contributed by atoms with Crippen LogP contribution in [0, 0.1) is 17.0 Å². The Morgan fingerprint density at radius 2 is 1.79 bits per heavy atom. The number of likely N-dealkylation sites (tertiary alicyclic amines) is 1. The molecule has 38 heavy (non-hydrogen) atoms. The van der Waals surface area contributed by atoms with Gasteiger partial charge in [-0.3, -0.25) is 19.7 Å². The highest BCUT2D eigenvalue weighted by Crippen LogP contribution is 2.40. The Labute approximate surface area is 220 Å². The Bertz CT molecular complexity index is 1400. The van der Waals surface area contributed by atoms with Crippen LogP contribution in [0.3, 0.4) is 0 Å². The van der Waals surface area contributed by atoms with Gasteiger partial charge in [0.1, 0.15) is 18.1 Å². The topological polar surface area (TPSA) is 113 Å². The number of ketones is 1. The van der Waals surface area contributed by atoms with Gasteiger partial charge in [-0.1, -0.05) is 42.5 Å². The summed E-state index contributed by atoms with van der Waals surface area (Å²) in [6.45, 7) is 2.86. The standard InChI is InChI=1S/C29H29N3O6/c1-19-16-22(12-13-24(19)38-18-20-8-5-4-6-9-20)27(33)25-26(21-10-7-11-23(17-21)32(36)37)31(15-14-30(2)3)29(35)28(25)34/h4-13,16-17,26,33H,14-15,18H2,1-3H3/b27-25+/t26-/m0/s1. The van der Waals surface area contributed by atoms with Gasteiger partial charge in [0.05, 0.1) is 16.5 Å². The summed E-state index contributed by atoms with van der Waals surface area (Å²) < 4.78 is 5.92. The molecule has 9 nitrogen and oxygen atoms in total. The van der Waals surface area contributed by atoms with Crippen molar-refractivity contribution >= 4 is 23.1 Å². The molecule has 0 unspecified atom stereocenters. The van der Waals surface area contributed by atoms with Crippen LogP contribution in [0.2, 0.25) is 0 Å². The number of nitrogens with zero attached hydrogens (tertiary/aromatic N) is 3. The first kappa shape index (κ1) is 26.6. The van der Waals surface area contributed by atoms with Crippen LogP contribution in [-0.4, -0.2) is 58.7 Å². The molecular formula is C29H29N3O6. The molecule has 3 aromatic rings. The molecule has 1 atom stereocenters. The number of nitro groups is 1. The highest BCUT2D eigenvalue weighted by molar-refractivity contribution is 6.46. The van der Waals surface area contributed by atoms with Crippen LogP contribution in [0.5, 0.6) is 5.75 Å². The second-order valence-electron chi connectivity index (χ2n) is 9.40. The van der Waals surface area contributed by atoms with Crippen molar-refractivity contribution in [1.29, 1.82) is 0 Å². The fourth-order valence-electron chi connectivity index (χ4n) is 4.42. The first-order valence-corrected chi connectivity index (χ1v) is 12.1. The van der Waals surface area contributed by atoms with Crippen LogP contribution in [0.1, 0.15) is 28.3 Å². The number of nitro benzene ring substituents is 1. The van der Waals surface area contributed by atoms with Crippen molar-refractivity contribution in [2.45, 2.75) is 19.6 Å². The second-order valence-corrected chi connectivity index (χ2v) is 9.40. The van der Waals surface area contributed by atoms with Crippen molar-refractivity contribution in [1.82, 2.24) is 9.80 Å². The van der Waals surface area contributed by atoms with E-state index in [2.05, 4.69) is 0 Å². The third-order valence-electron chi connectivity index (χ3n) is 6.41. The number of carbonyl (C=O) groups is 2. The van der Waals surface area contributed by atoms with Gasteiger partial charge in [0.15, 0.2) is 0 Å². The molecule has 0 radical (unpaired) electrons. The number of aliphatic hydroxyl groups is 1. The maximum absolute atomic E-state index is 13.2. The molecule has 0 bridgehead atoms. The summed E-state index contributed by atoms with van der Waals surface area (Å²) in [6, 6.07) is 19.5. The minimum Gasteiger partial charge on any atom is -0.507 e. The van der Waals surface area contributed by atoms with Gasteiger partial charge >= 0.3 is 0 Å². The van der Waals surface area contributed by atoms with Gasteiger partial charge in [-0.25, -0.2) is 0 Å². The molecule has 1 aliphatic rings. The van der Waals surface area contributed by atoms with Crippen molar-refractivity contribution in [3.63, 3.8) is 0 Å². The molecule has 0 aliphatic carbocycles. The van der Waals surface area contributed by atoms with E-state index in [1.807, 2.05) is 56.3 Å². The maximum atomic E-state index is 13.2. The summed E-state index contributed by atoms with van der Waals surface area (Å²) in [7, 11) is 3.67. The van der Waals surface area contributed by atoms with Crippen LogP contribution < -0.4 is 4.74 Å². The Hall–Kier alpha value is -4.50. The average molecular weight is 516 g/mol. The Morgan fingerprint density at radius 1 is 1.05 bits per heavy atom. The lowest BCUT2D eigenvalue weighted by atomic mass is 9.94. The number of aryl methyl sites for hydroxylation is 1. The van der Waals surface area contributed by atoms with Crippen molar-refractivity contribution < 1.29 is 24.4 Å². The first-order valence-electron chi connectivity index (χ1n) is 12.1. The van der Waals surface area contributed by atoms with Gasteiger partial charge in [-0.05, 0) is 55.9 Å². The highest BCUT2D eigenvalue weighted by atomic mass is 16.6. The molecule has 1 N–H and O–H groups in total. The van der Waals surface area contributed by atoms with Crippen LogP contribution >= 0.6 is 0 Å². The Balaban J connectivity index is 1.73. The number of carbonyl (C=O) groups excluding carboxylic acids is 2. The van der Waals surface area contributed by atoms with Gasteiger partial charge in [0.2, 0.25) is 0 Å². The number of Topliss-reactive ketones (excluding diaryl/α,β-unsaturated/α-hetero) is 1. The van der Waals surface area contributed by atoms with Gasteiger partial charge < -0.3 is 19.6 Å². The lowest BCUT2D eigenvalue weighted by molar-refractivity contribution is -0.384. The predicted octanol–water partition coefficient (Wildman–Crippen LogP) is 4.47. The van der Waals surface area contributed by atoms with E-state index in [1.54, 1.807) is 24.3 Å². The summed E-state index contributed by atoms with van der Waals surface area (Å²) in [4.78, 5) is 40.4. The molecule has 196 valence electrons. The minimum atomic E-state index is -0.968. The van der Waals surface area contributed by atoms with E-state index in [1.165, 1.54) is 23.1 Å². The molecule has 0 aromatic heterocycles. The third kappa shape index (κ3) is 5.57. The van der Waals surface area contributed by atoms with E-state index >= 15 is 0 Å². The monoisotopic (exact) mass is 515 g/mol. The van der Waals surface area contributed by atoms with E-state index in [0.717, 1.165) is 11.1 Å². The first-order chi connectivity index (χ1) is 18.2. The number of aliphatic hydroxyl groups excluding tert-OH is 1. The largest absolute Gasteiger partial charge is 0.507 e. The number of hydrogen-bond donors (Lipinski definition) is 1. The number of likely N-dealkylation sites (N-methyl/N-ethyl adjacent to an activating group) is 1. The third-order valence-corrected chi connectivity index (χ3v) is 6.41. The van der Waals surface area contributed by atoms with Gasteiger partial charge in [0, 0.05) is 30.8 Å². The summed E-state index contributed by atoms with van der Waals surface area (Å²) in [5.41, 5.74) is 2.18. The molecule has 1 fully saturated rings. The number of hydrogen-bond acceptors (Lipinski definition) is 7. The van der Waals surface area contributed by atoms with E-state index in [9.17, 15) is 24.8 Å². The van der Waals surface area contributed by atoms with E-state index < -0.39 is 22.7 Å². The van der Waals surface area contributed by atoms with Crippen molar-refractivity contribution in [3.05, 3.63) is 111 Å². The minimum absolute atomic E-state index is 0.105. The van der Waals surface area contributed by atoms with E-state index in [0.29, 0.717) is 30.0 Å². The summed E-state index contributed by atoms with van der Waals surface area (Å²) in [5.74, 6) is -1.32. The Kier molecular flexibility index (Phi) is 7.87. The van der Waals surface area contributed by atoms with Gasteiger partial charge in [0.25, 0.3) is 17.4 Å². The average Bonchev–Trinajstić information content (AvgIpc) is 3.16. The smallest absolute Gasteiger partial charge is 0.295 e. The predicted molar refractivity (Wildman–Crippen MR) is 143 cm³/mol. The molecule has 3 aromatic carbocycles. The molecule has 0 saturated carbocycles. The van der Waals surface area contributed by atoms with Crippen molar-refractivity contribution in [3.8, 4) is 5.75 Å². The zero-order valence-corrected chi connectivity index (χ0v) is 21.5. The molecular weight excluding hydrogens is 486 g/mol. The molecule has 4 rings (SSSR count). The number of non-ortho nitro benzene ring substituents is 1. The molecule has 1 aliphatic heterocycles. The fourth-order valence-corrected chi connectivity index (χ4v) is 4.42. The lowest BCUT2D eigenvalue weighted by Crippen LogP contribution is -2.35. The van der Waals surface area contributed by atoms with Crippen LogP contribution in [-0.2, 0) is 16.2 Å². The molecule has 1 amide bonds. The van der Waals surface area contributed by atoms with Crippen molar-refractivity contribution in [2.24, 2.45) is 0 Å². The van der Waals surface area contributed by atoms with Crippen LogP contribution in [0.4, 0.5) is 5.69 Å². The number of ether oxygens (including phenoxy) is 1. The van der Waals surface area contributed by atoms with Crippen molar-refractivity contribution in [2.75, 3.05) is 27.2 Å². The molecule has 1 saturated heterocycles. The highest BCUT2D eigenvalue weighted by Gasteiger charge is 2.46. The second kappa shape index (κ2) is 11.3. The molecule has 1 heterocycles. The zero-order valence-electron chi connectivity index (χ0n) is 21.5. The van der Waals surface area contributed by atoms with E-state index in [-0.39, 0.29) is 23.6 Å². The van der Waals surface area contributed by atoms with E-state index in [4.69, 9.17) is 4.74 Å². The number of rotatable bonds is 9. The zero-order chi connectivity index (χ0) is 27.4. The Morgan fingerprint density at radius 3 is 2.45 bits per heavy atom. The summed E-state index contributed by atoms with van der Waals surface area (Å²) in [6.07, 6.45) is 0. The lowest BCUT2D eigenvalue weighted by Gasteiger charge is -2.26. The fraction of sp³-hybridized carbons (Fsp3) is 0.241. The molecule has 9 heteroatoms.